The molecular weight excluding hydrogens is 220 g/mol. The molecule has 0 saturated carbocycles. The molecular formula is C12H16N2OS. The van der Waals surface area contributed by atoms with Gasteiger partial charge in [-0.15, -0.1) is 11.3 Å². The first-order valence-electron chi connectivity index (χ1n) is 5.34. The number of nitrogens with zero attached hydrogens (tertiary/aromatic N) is 1. The first-order valence-corrected chi connectivity index (χ1v) is 6.22. The van der Waals surface area contributed by atoms with E-state index in [2.05, 4.69) is 16.4 Å². The predicted molar refractivity (Wildman–Crippen MR) is 69.0 cm³/mol. The first-order chi connectivity index (χ1) is 7.54. The van der Waals surface area contributed by atoms with Gasteiger partial charge < -0.3 is 10.4 Å². The molecule has 4 heteroatoms. The Bertz CT molecular complexity index is 473. The topological polar surface area (TPSA) is 45.1 Å². The zero-order valence-corrected chi connectivity index (χ0v) is 10.3. The van der Waals surface area contributed by atoms with Gasteiger partial charge in [0.25, 0.3) is 0 Å². The molecule has 0 aliphatic carbocycles. The maximum absolute atomic E-state index is 9.59. The molecule has 0 atom stereocenters. The van der Waals surface area contributed by atoms with Crippen LogP contribution in [0.1, 0.15) is 20.3 Å². The second kappa shape index (κ2) is 4.39. The van der Waals surface area contributed by atoms with E-state index < -0.39 is 5.60 Å². The Morgan fingerprint density at radius 1 is 1.44 bits per heavy atom. The van der Waals surface area contributed by atoms with Crippen molar-refractivity contribution < 1.29 is 5.11 Å². The molecule has 3 nitrogen and oxygen atoms in total. The molecule has 0 saturated heterocycles. The molecule has 0 spiro atoms. The largest absolute Gasteiger partial charge is 0.390 e. The van der Waals surface area contributed by atoms with Crippen LogP contribution in [0.5, 0.6) is 0 Å². The zero-order valence-electron chi connectivity index (χ0n) is 9.53. The third-order valence-corrected chi connectivity index (χ3v) is 3.19. The highest BCUT2D eigenvalue weighted by Crippen LogP contribution is 2.22. The van der Waals surface area contributed by atoms with Crippen molar-refractivity contribution in [2.24, 2.45) is 0 Å². The van der Waals surface area contributed by atoms with E-state index in [1.165, 1.54) is 4.70 Å². The summed E-state index contributed by atoms with van der Waals surface area (Å²) in [5.41, 5.74) is 3.37. The highest BCUT2D eigenvalue weighted by molar-refractivity contribution is 7.16. The second-order valence-corrected chi connectivity index (χ2v) is 5.41. The number of fused-ring (bicyclic) bond motifs is 1. The van der Waals surface area contributed by atoms with Crippen molar-refractivity contribution in [3.63, 3.8) is 0 Å². The van der Waals surface area contributed by atoms with Crippen LogP contribution in [0.3, 0.4) is 0 Å². The lowest BCUT2D eigenvalue weighted by Gasteiger charge is -2.17. The van der Waals surface area contributed by atoms with Crippen LogP contribution in [-0.2, 0) is 0 Å². The lowest BCUT2D eigenvalue weighted by atomic mass is 10.1. The summed E-state index contributed by atoms with van der Waals surface area (Å²) >= 11 is 1.64. The highest BCUT2D eigenvalue weighted by atomic mass is 32.1. The molecule has 2 N–H and O–H groups in total. The standard InChI is InChI=1S/C12H16N2OS/c1-12(2,15)5-6-13-9-3-4-10-11(7-9)16-8-14-10/h3-4,7-8,13,15H,5-6H2,1-2H3. The third-order valence-electron chi connectivity index (χ3n) is 2.40. The number of hydrogen-bond donors (Lipinski definition) is 2. The molecule has 0 aliphatic heterocycles. The maximum atomic E-state index is 9.59. The van der Waals surface area contributed by atoms with Crippen LogP contribution in [0.25, 0.3) is 10.2 Å². The van der Waals surface area contributed by atoms with Crippen molar-refractivity contribution in [2.45, 2.75) is 25.9 Å². The van der Waals surface area contributed by atoms with E-state index in [0.717, 1.165) is 24.2 Å². The van der Waals surface area contributed by atoms with Gasteiger partial charge in [-0.1, -0.05) is 0 Å². The van der Waals surface area contributed by atoms with Gasteiger partial charge in [0.15, 0.2) is 0 Å². The fraction of sp³-hybridized carbons (Fsp3) is 0.417. The lowest BCUT2D eigenvalue weighted by molar-refractivity contribution is 0.0749. The quantitative estimate of drug-likeness (QED) is 0.858. The number of anilines is 1. The molecule has 0 fully saturated rings. The summed E-state index contributed by atoms with van der Waals surface area (Å²) in [7, 11) is 0. The number of aliphatic hydroxyl groups is 1. The average molecular weight is 236 g/mol. The summed E-state index contributed by atoms with van der Waals surface area (Å²) in [6.45, 7) is 4.41. The van der Waals surface area contributed by atoms with Gasteiger partial charge in [0.05, 0.1) is 21.3 Å². The molecule has 0 unspecified atom stereocenters. The number of rotatable bonds is 4. The molecule has 2 aromatic rings. The van der Waals surface area contributed by atoms with Gasteiger partial charge in [-0.2, -0.15) is 0 Å². The zero-order chi connectivity index (χ0) is 11.6. The van der Waals surface area contributed by atoms with Gasteiger partial charge in [-0.25, -0.2) is 4.98 Å². The van der Waals surface area contributed by atoms with E-state index in [9.17, 15) is 5.11 Å². The van der Waals surface area contributed by atoms with Crippen molar-refractivity contribution in [2.75, 3.05) is 11.9 Å². The molecule has 1 aromatic carbocycles. The van der Waals surface area contributed by atoms with E-state index in [1.807, 2.05) is 31.5 Å². The predicted octanol–water partition coefficient (Wildman–Crippen LogP) is 2.87. The third kappa shape index (κ3) is 2.93. The minimum atomic E-state index is -0.610. The Balaban J connectivity index is 1.99. The monoisotopic (exact) mass is 236 g/mol. The van der Waals surface area contributed by atoms with E-state index in [1.54, 1.807) is 11.3 Å². The summed E-state index contributed by atoms with van der Waals surface area (Å²) < 4.78 is 1.19. The first kappa shape index (κ1) is 11.4. The van der Waals surface area contributed by atoms with E-state index in [-0.39, 0.29) is 0 Å². The van der Waals surface area contributed by atoms with Crippen LogP contribution in [0, 0.1) is 0 Å². The molecule has 1 heterocycles. The van der Waals surface area contributed by atoms with Gasteiger partial charge in [0, 0.05) is 12.2 Å². The fourth-order valence-electron chi connectivity index (χ4n) is 1.48. The van der Waals surface area contributed by atoms with Crippen LogP contribution < -0.4 is 5.32 Å². The molecule has 0 bridgehead atoms. The summed E-state index contributed by atoms with van der Waals surface area (Å²) in [5, 5.41) is 12.9. The summed E-state index contributed by atoms with van der Waals surface area (Å²) in [5.74, 6) is 0. The van der Waals surface area contributed by atoms with Gasteiger partial charge in [-0.3, -0.25) is 0 Å². The van der Waals surface area contributed by atoms with Crippen LogP contribution in [0.15, 0.2) is 23.7 Å². The van der Waals surface area contributed by atoms with Gasteiger partial charge >= 0.3 is 0 Å². The van der Waals surface area contributed by atoms with Crippen molar-refractivity contribution in [1.82, 2.24) is 4.98 Å². The molecule has 86 valence electrons. The molecule has 0 radical (unpaired) electrons. The minimum Gasteiger partial charge on any atom is -0.390 e. The number of nitrogens with one attached hydrogen (secondary N) is 1. The minimum absolute atomic E-state index is 0.610. The van der Waals surface area contributed by atoms with Gasteiger partial charge in [0.1, 0.15) is 0 Å². The Morgan fingerprint density at radius 3 is 3.00 bits per heavy atom. The van der Waals surface area contributed by atoms with E-state index in [4.69, 9.17) is 0 Å². The smallest absolute Gasteiger partial charge is 0.0813 e. The Hall–Kier alpha value is -1.13. The number of thiazole rings is 1. The number of benzene rings is 1. The van der Waals surface area contributed by atoms with Gasteiger partial charge in [-0.05, 0) is 38.5 Å². The van der Waals surface area contributed by atoms with Crippen LogP contribution in [0.4, 0.5) is 5.69 Å². The lowest BCUT2D eigenvalue weighted by Crippen LogP contribution is -2.22. The average Bonchev–Trinajstić information content (AvgIpc) is 2.62. The van der Waals surface area contributed by atoms with Crippen molar-refractivity contribution in [3.8, 4) is 0 Å². The van der Waals surface area contributed by atoms with Gasteiger partial charge in [0.2, 0.25) is 0 Å². The second-order valence-electron chi connectivity index (χ2n) is 4.52. The number of hydrogen-bond acceptors (Lipinski definition) is 4. The highest BCUT2D eigenvalue weighted by Gasteiger charge is 2.11. The normalized spacial score (nSPS) is 11.9. The van der Waals surface area contributed by atoms with E-state index >= 15 is 0 Å². The van der Waals surface area contributed by atoms with Crippen LogP contribution in [-0.4, -0.2) is 22.2 Å². The maximum Gasteiger partial charge on any atom is 0.0813 e. The molecule has 0 amide bonds. The van der Waals surface area contributed by atoms with Crippen LogP contribution in [0.2, 0.25) is 0 Å². The fourth-order valence-corrected chi connectivity index (χ4v) is 2.19. The van der Waals surface area contributed by atoms with Crippen molar-refractivity contribution in [3.05, 3.63) is 23.7 Å². The molecule has 1 aromatic heterocycles. The summed E-state index contributed by atoms with van der Waals surface area (Å²) in [4.78, 5) is 4.23. The molecule has 16 heavy (non-hydrogen) atoms. The Morgan fingerprint density at radius 2 is 2.25 bits per heavy atom. The van der Waals surface area contributed by atoms with Crippen LogP contribution >= 0.6 is 11.3 Å². The van der Waals surface area contributed by atoms with Crippen molar-refractivity contribution in [1.29, 1.82) is 0 Å². The SMILES string of the molecule is CC(C)(O)CCNc1ccc2ncsc2c1. The Labute approximate surface area is 99.1 Å². The number of aromatic nitrogens is 1. The van der Waals surface area contributed by atoms with Crippen molar-refractivity contribution >= 4 is 27.2 Å². The van der Waals surface area contributed by atoms with E-state index in [0.29, 0.717) is 0 Å². The molecule has 2 rings (SSSR count). The summed E-state index contributed by atoms with van der Waals surface area (Å²) in [6.07, 6.45) is 0.730. The molecule has 0 aliphatic rings. The Kier molecular flexibility index (Phi) is 3.12. The summed E-state index contributed by atoms with van der Waals surface area (Å²) in [6, 6.07) is 6.13.